The summed E-state index contributed by atoms with van der Waals surface area (Å²) < 4.78 is 13.1. The quantitative estimate of drug-likeness (QED) is 0.640. The predicted molar refractivity (Wildman–Crippen MR) is 105 cm³/mol. The third-order valence-electron chi connectivity index (χ3n) is 3.22. The van der Waals surface area contributed by atoms with Crippen LogP contribution in [0.15, 0.2) is 36.4 Å². The maximum absolute atomic E-state index is 13.1. The van der Waals surface area contributed by atoms with Crippen LogP contribution in [0.1, 0.15) is 23.7 Å². The van der Waals surface area contributed by atoms with Gasteiger partial charge in [0.25, 0.3) is 5.91 Å². The Balaban J connectivity index is 2.08. The summed E-state index contributed by atoms with van der Waals surface area (Å²) in [7, 11) is 0. The average Bonchev–Trinajstić information content (AvgIpc) is 2.57. The van der Waals surface area contributed by atoms with Crippen molar-refractivity contribution in [1.82, 2.24) is 5.32 Å². The van der Waals surface area contributed by atoms with Gasteiger partial charge < -0.3 is 10.6 Å². The molecule has 26 heavy (non-hydrogen) atoms. The van der Waals surface area contributed by atoms with Crippen LogP contribution in [0.25, 0.3) is 0 Å². The average molecular weight is 414 g/mol. The summed E-state index contributed by atoms with van der Waals surface area (Å²) in [5, 5.41) is 8.17. The van der Waals surface area contributed by atoms with Crippen molar-refractivity contribution in [3.63, 3.8) is 0 Å². The molecule has 0 radical (unpaired) electrons. The number of anilines is 2. The van der Waals surface area contributed by atoms with E-state index in [1.54, 1.807) is 25.1 Å². The van der Waals surface area contributed by atoms with Crippen molar-refractivity contribution in [2.45, 2.75) is 13.3 Å². The maximum atomic E-state index is 13.1. The fourth-order valence-corrected chi connectivity index (χ4v) is 2.57. The number of hydrogen-bond acceptors (Lipinski definition) is 3. The van der Waals surface area contributed by atoms with Crippen molar-refractivity contribution in [3.8, 4) is 0 Å². The zero-order chi connectivity index (χ0) is 19.3. The Morgan fingerprint density at radius 1 is 1.08 bits per heavy atom. The summed E-state index contributed by atoms with van der Waals surface area (Å²) >= 11 is 17.0. The number of carbonyl (C=O) groups excluding carboxylic acids is 2. The molecule has 0 atom stereocenters. The van der Waals surface area contributed by atoms with E-state index in [9.17, 15) is 14.0 Å². The van der Waals surface area contributed by atoms with Crippen molar-refractivity contribution in [2.24, 2.45) is 0 Å². The molecule has 5 nitrogen and oxygen atoms in total. The first-order valence-electron chi connectivity index (χ1n) is 7.47. The Labute approximate surface area is 164 Å². The number of hydrogen-bond donors (Lipinski definition) is 3. The highest BCUT2D eigenvalue weighted by atomic mass is 35.5. The summed E-state index contributed by atoms with van der Waals surface area (Å²) in [5.41, 5.74) is 1.00. The molecule has 0 aromatic heterocycles. The molecule has 2 aromatic carbocycles. The zero-order valence-electron chi connectivity index (χ0n) is 13.5. The second kappa shape index (κ2) is 8.93. The number of carbonyl (C=O) groups is 2. The summed E-state index contributed by atoms with van der Waals surface area (Å²) in [5.74, 6) is -1.30. The summed E-state index contributed by atoms with van der Waals surface area (Å²) in [6.45, 7) is 1.73. The first kappa shape index (κ1) is 20.1. The van der Waals surface area contributed by atoms with Gasteiger partial charge in [-0.3, -0.25) is 14.9 Å². The van der Waals surface area contributed by atoms with E-state index in [2.05, 4.69) is 16.0 Å². The van der Waals surface area contributed by atoms with E-state index in [0.29, 0.717) is 22.8 Å². The molecule has 2 amide bonds. The van der Waals surface area contributed by atoms with Gasteiger partial charge in [-0.05, 0) is 48.6 Å². The van der Waals surface area contributed by atoms with E-state index in [0.717, 1.165) is 12.1 Å². The van der Waals surface area contributed by atoms with Crippen molar-refractivity contribution < 1.29 is 14.0 Å². The molecule has 0 saturated heterocycles. The van der Waals surface area contributed by atoms with Crippen LogP contribution in [0.2, 0.25) is 10.0 Å². The molecule has 0 spiro atoms. The number of halogens is 3. The lowest BCUT2D eigenvalue weighted by Crippen LogP contribution is -2.34. The first-order valence-corrected chi connectivity index (χ1v) is 8.63. The van der Waals surface area contributed by atoms with Gasteiger partial charge in [-0.15, -0.1) is 0 Å². The monoisotopic (exact) mass is 413 g/mol. The molecule has 0 heterocycles. The second-order valence-corrected chi connectivity index (χ2v) is 6.35. The minimum atomic E-state index is -0.598. The largest absolute Gasteiger partial charge is 0.331 e. The fraction of sp³-hybridized carbons (Fsp3) is 0.118. The SMILES string of the molecule is CCC(=O)Nc1ccc(Cl)c(NC(=S)NC(=O)c2ccc(F)cc2Cl)c1. The van der Waals surface area contributed by atoms with Crippen LogP contribution in [-0.4, -0.2) is 16.9 Å². The Bertz CT molecular complexity index is 877. The van der Waals surface area contributed by atoms with E-state index in [4.69, 9.17) is 35.4 Å². The van der Waals surface area contributed by atoms with Crippen molar-refractivity contribution in [1.29, 1.82) is 0 Å². The van der Waals surface area contributed by atoms with Gasteiger partial charge in [0.1, 0.15) is 5.82 Å². The van der Waals surface area contributed by atoms with Gasteiger partial charge in [-0.1, -0.05) is 30.1 Å². The molecule has 0 aliphatic carbocycles. The number of nitrogens with one attached hydrogen (secondary N) is 3. The van der Waals surface area contributed by atoms with Crippen LogP contribution in [0.5, 0.6) is 0 Å². The van der Waals surface area contributed by atoms with Crippen LogP contribution < -0.4 is 16.0 Å². The lowest BCUT2D eigenvalue weighted by Gasteiger charge is -2.13. The van der Waals surface area contributed by atoms with E-state index in [1.807, 2.05) is 0 Å². The molecular formula is C17H14Cl2FN3O2S. The van der Waals surface area contributed by atoms with Crippen LogP contribution >= 0.6 is 35.4 Å². The van der Waals surface area contributed by atoms with Crippen LogP contribution in [-0.2, 0) is 4.79 Å². The van der Waals surface area contributed by atoms with Gasteiger partial charge in [-0.2, -0.15) is 0 Å². The smallest absolute Gasteiger partial charge is 0.258 e. The predicted octanol–water partition coefficient (Wildman–Crippen LogP) is 4.61. The number of thiocarbonyl (C=S) groups is 1. The minimum absolute atomic E-state index is 0.0312. The van der Waals surface area contributed by atoms with Crippen LogP contribution in [0, 0.1) is 5.82 Å². The number of rotatable bonds is 4. The topological polar surface area (TPSA) is 70.2 Å². The first-order chi connectivity index (χ1) is 12.3. The normalized spacial score (nSPS) is 10.2. The molecule has 0 fully saturated rings. The maximum Gasteiger partial charge on any atom is 0.258 e. The molecule has 0 bridgehead atoms. The summed E-state index contributed by atoms with van der Waals surface area (Å²) in [6.07, 6.45) is 0.332. The Morgan fingerprint density at radius 2 is 1.81 bits per heavy atom. The van der Waals surface area contributed by atoms with E-state index in [1.165, 1.54) is 6.07 Å². The van der Waals surface area contributed by atoms with Gasteiger partial charge in [0.15, 0.2) is 5.11 Å². The van der Waals surface area contributed by atoms with Gasteiger partial charge in [0.2, 0.25) is 5.91 Å². The molecule has 0 unspecified atom stereocenters. The van der Waals surface area contributed by atoms with Crippen LogP contribution in [0.4, 0.5) is 15.8 Å². The Kier molecular flexibility index (Phi) is 6.90. The highest BCUT2D eigenvalue weighted by Crippen LogP contribution is 2.25. The van der Waals surface area contributed by atoms with Gasteiger partial charge in [-0.25, -0.2) is 4.39 Å². The van der Waals surface area contributed by atoms with Gasteiger partial charge in [0, 0.05) is 12.1 Å². The van der Waals surface area contributed by atoms with Gasteiger partial charge in [0.05, 0.1) is 21.3 Å². The summed E-state index contributed by atoms with van der Waals surface area (Å²) in [4.78, 5) is 23.6. The minimum Gasteiger partial charge on any atom is -0.331 e. The summed E-state index contributed by atoms with van der Waals surface area (Å²) in [6, 6.07) is 8.21. The molecule has 136 valence electrons. The third kappa shape index (κ3) is 5.39. The van der Waals surface area contributed by atoms with E-state index >= 15 is 0 Å². The molecule has 2 rings (SSSR count). The zero-order valence-corrected chi connectivity index (χ0v) is 15.9. The molecule has 0 saturated carbocycles. The molecule has 2 aromatic rings. The lowest BCUT2D eigenvalue weighted by molar-refractivity contribution is -0.115. The highest BCUT2D eigenvalue weighted by molar-refractivity contribution is 7.80. The third-order valence-corrected chi connectivity index (χ3v) is 4.07. The van der Waals surface area contributed by atoms with E-state index in [-0.39, 0.29) is 21.6 Å². The van der Waals surface area contributed by atoms with E-state index < -0.39 is 11.7 Å². The number of benzene rings is 2. The number of amides is 2. The molecule has 3 N–H and O–H groups in total. The highest BCUT2D eigenvalue weighted by Gasteiger charge is 2.13. The Morgan fingerprint density at radius 3 is 2.46 bits per heavy atom. The lowest BCUT2D eigenvalue weighted by atomic mass is 10.2. The second-order valence-electron chi connectivity index (χ2n) is 5.13. The van der Waals surface area contributed by atoms with Crippen molar-refractivity contribution >= 4 is 63.7 Å². The van der Waals surface area contributed by atoms with Gasteiger partial charge >= 0.3 is 0 Å². The Hall–Kier alpha value is -2.22. The fourth-order valence-electron chi connectivity index (χ4n) is 1.95. The molecular weight excluding hydrogens is 400 g/mol. The van der Waals surface area contributed by atoms with Crippen molar-refractivity contribution in [2.75, 3.05) is 10.6 Å². The molecule has 0 aliphatic heterocycles. The molecule has 9 heteroatoms. The van der Waals surface area contributed by atoms with Crippen LogP contribution in [0.3, 0.4) is 0 Å². The molecule has 0 aliphatic rings. The van der Waals surface area contributed by atoms with Crippen molar-refractivity contribution in [3.05, 3.63) is 57.8 Å². The standard InChI is InChI=1S/C17H14Cl2FN3O2S/c1-2-15(24)21-10-4-6-12(18)14(8-10)22-17(26)23-16(25)11-5-3-9(20)7-13(11)19/h3-8H,2H2,1H3,(H,21,24)(H2,22,23,25,26).